The Morgan fingerprint density at radius 1 is 1.44 bits per heavy atom. The summed E-state index contributed by atoms with van der Waals surface area (Å²) in [4.78, 5) is 2.34. The lowest BCUT2D eigenvalue weighted by Gasteiger charge is -2.34. The second kappa shape index (κ2) is 9.59. The van der Waals surface area contributed by atoms with Crippen molar-refractivity contribution in [3.8, 4) is 6.07 Å². The van der Waals surface area contributed by atoms with Crippen LogP contribution in [0.15, 0.2) is 0 Å². The number of hydrogen-bond donors (Lipinski definition) is 1. The molecule has 0 aromatic carbocycles. The minimum atomic E-state index is 0.377. The van der Waals surface area contributed by atoms with Crippen LogP contribution in [0.3, 0.4) is 0 Å². The van der Waals surface area contributed by atoms with Gasteiger partial charge in [0.05, 0.1) is 12.7 Å². The molecule has 0 saturated carbocycles. The van der Waals surface area contributed by atoms with Crippen molar-refractivity contribution in [2.45, 2.75) is 45.2 Å². The lowest BCUT2D eigenvalue weighted by molar-refractivity contribution is 0.0658. The number of methoxy groups -OCH3 is 1. The summed E-state index contributed by atoms with van der Waals surface area (Å²) in [6.07, 6.45) is 2.61. The van der Waals surface area contributed by atoms with Crippen LogP contribution in [0.2, 0.25) is 0 Å². The molecule has 0 fully saturated rings. The number of nitrogens with two attached hydrogens (primary N) is 1. The first-order valence-corrected chi connectivity index (χ1v) is 5.99. The topological polar surface area (TPSA) is 62.3 Å². The molecule has 0 aliphatic heterocycles. The molecular formula is C12H25N3O. The summed E-state index contributed by atoms with van der Waals surface area (Å²) in [5.41, 5.74) is 5.54. The molecule has 0 rings (SSSR count). The first-order chi connectivity index (χ1) is 7.67. The number of nitrogens with zero attached hydrogens (tertiary/aromatic N) is 2. The standard InChI is InChI=1S/C12H25N3O/c1-11(2)15(9-5-8-14)12(10-16-3)6-4-7-13/h11-12H,4-7,9-10,13H2,1-3H3. The molecule has 0 aliphatic rings. The maximum atomic E-state index is 8.66. The summed E-state index contributed by atoms with van der Waals surface area (Å²) in [5.74, 6) is 0. The van der Waals surface area contributed by atoms with Crippen LogP contribution < -0.4 is 5.73 Å². The fraction of sp³-hybridized carbons (Fsp3) is 0.917. The molecule has 0 aromatic heterocycles. The average Bonchev–Trinajstić information content (AvgIpc) is 2.25. The molecule has 1 unspecified atom stereocenters. The van der Waals surface area contributed by atoms with Gasteiger partial charge in [-0.1, -0.05) is 0 Å². The quantitative estimate of drug-likeness (QED) is 0.646. The zero-order valence-electron chi connectivity index (χ0n) is 10.8. The Kier molecular flexibility index (Phi) is 9.21. The molecule has 0 heterocycles. The molecule has 0 radical (unpaired) electrons. The highest BCUT2D eigenvalue weighted by atomic mass is 16.5. The Labute approximate surface area is 99.4 Å². The molecule has 4 nitrogen and oxygen atoms in total. The molecule has 0 amide bonds. The molecule has 0 aliphatic carbocycles. The van der Waals surface area contributed by atoms with Crippen molar-refractivity contribution in [3.05, 3.63) is 0 Å². The van der Waals surface area contributed by atoms with E-state index in [-0.39, 0.29) is 0 Å². The van der Waals surface area contributed by atoms with Gasteiger partial charge in [0.25, 0.3) is 0 Å². The summed E-state index contributed by atoms with van der Waals surface area (Å²) < 4.78 is 5.25. The molecular weight excluding hydrogens is 202 g/mol. The van der Waals surface area contributed by atoms with Gasteiger partial charge in [-0.05, 0) is 33.2 Å². The minimum absolute atomic E-state index is 0.377. The van der Waals surface area contributed by atoms with Gasteiger partial charge in [-0.15, -0.1) is 0 Å². The van der Waals surface area contributed by atoms with Crippen LogP contribution >= 0.6 is 0 Å². The highest BCUT2D eigenvalue weighted by Crippen LogP contribution is 2.12. The maximum absolute atomic E-state index is 8.66. The van der Waals surface area contributed by atoms with Crippen molar-refractivity contribution >= 4 is 0 Å². The zero-order valence-corrected chi connectivity index (χ0v) is 10.8. The van der Waals surface area contributed by atoms with Crippen LogP contribution in [-0.2, 0) is 4.74 Å². The van der Waals surface area contributed by atoms with Gasteiger partial charge in [0, 0.05) is 32.2 Å². The van der Waals surface area contributed by atoms with Crippen LogP contribution in [0.25, 0.3) is 0 Å². The van der Waals surface area contributed by atoms with Crippen LogP contribution in [-0.4, -0.2) is 43.8 Å². The van der Waals surface area contributed by atoms with E-state index >= 15 is 0 Å². The van der Waals surface area contributed by atoms with Gasteiger partial charge in [0.15, 0.2) is 0 Å². The Hall–Kier alpha value is -0.630. The first kappa shape index (κ1) is 15.4. The number of hydrogen-bond acceptors (Lipinski definition) is 4. The Morgan fingerprint density at radius 2 is 2.12 bits per heavy atom. The van der Waals surface area contributed by atoms with Gasteiger partial charge in [-0.25, -0.2) is 0 Å². The van der Waals surface area contributed by atoms with Crippen LogP contribution in [0, 0.1) is 11.3 Å². The van der Waals surface area contributed by atoms with Gasteiger partial charge >= 0.3 is 0 Å². The number of ether oxygens (including phenoxy) is 1. The molecule has 0 saturated heterocycles. The molecule has 2 N–H and O–H groups in total. The van der Waals surface area contributed by atoms with Crippen molar-refractivity contribution in [2.75, 3.05) is 26.8 Å². The van der Waals surface area contributed by atoms with Crippen molar-refractivity contribution in [3.63, 3.8) is 0 Å². The molecule has 94 valence electrons. The average molecular weight is 227 g/mol. The fourth-order valence-corrected chi connectivity index (χ4v) is 1.93. The SMILES string of the molecule is COCC(CCCN)N(CCC#N)C(C)C. The molecule has 1 atom stereocenters. The van der Waals surface area contributed by atoms with E-state index in [1.807, 2.05) is 0 Å². The second-order valence-corrected chi connectivity index (χ2v) is 4.28. The van der Waals surface area contributed by atoms with E-state index < -0.39 is 0 Å². The molecule has 0 bridgehead atoms. The van der Waals surface area contributed by atoms with Gasteiger partial charge < -0.3 is 10.5 Å². The second-order valence-electron chi connectivity index (χ2n) is 4.28. The smallest absolute Gasteiger partial charge is 0.0635 e. The Morgan fingerprint density at radius 3 is 2.56 bits per heavy atom. The Bertz CT molecular complexity index is 201. The van der Waals surface area contributed by atoms with E-state index in [4.69, 9.17) is 15.7 Å². The fourth-order valence-electron chi connectivity index (χ4n) is 1.93. The molecule has 0 spiro atoms. The highest BCUT2D eigenvalue weighted by molar-refractivity contribution is 4.79. The molecule has 4 heteroatoms. The monoisotopic (exact) mass is 227 g/mol. The third-order valence-corrected chi connectivity index (χ3v) is 2.71. The predicted molar refractivity (Wildman–Crippen MR) is 66.0 cm³/mol. The van der Waals surface area contributed by atoms with Gasteiger partial charge in [-0.2, -0.15) is 5.26 Å². The van der Waals surface area contributed by atoms with E-state index in [1.165, 1.54) is 0 Å². The van der Waals surface area contributed by atoms with E-state index in [2.05, 4.69) is 24.8 Å². The summed E-state index contributed by atoms with van der Waals surface area (Å²) >= 11 is 0. The summed E-state index contributed by atoms with van der Waals surface area (Å²) in [7, 11) is 1.72. The number of rotatable bonds is 9. The van der Waals surface area contributed by atoms with Crippen molar-refractivity contribution in [2.24, 2.45) is 5.73 Å². The van der Waals surface area contributed by atoms with E-state index in [0.29, 0.717) is 31.7 Å². The van der Waals surface area contributed by atoms with Gasteiger partial charge in [0.1, 0.15) is 0 Å². The summed E-state index contributed by atoms with van der Waals surface area (Å²) in [6, 6.07) is 3.01. The normalized spacial score (nSPS) is 13.1. The lowest BCUT2D eigenvalue weighted by atomic mass is 10.1. The van der Waals surface area contributed by atoms with E-state index in [9.17, 15) is 0 Å². The van der Waals surface area contributed by atoms with E-state index in [1.54, 1.807) is 7.11 Å². The maximum Gasteiger partial charge on any atom is 0.0635 e. The van der Waals surface area contributed by atoms with Crippen molar-refractivity contribution in [1.82, 2.24) is 4.90 Å². The predicted octanol–water partition coefficient (Wildman–Crippen LogP) is 1.36. The summed E-state index contributed by atoms with van der Waals surface area (Å²) in [5, 5.41) is 8.66. The first-order valence-electron chi connectivity index (χ1n) is 5.99. The summed E-state index contributed by atoms with van der Waals surface area (Å²) in [6.45, 7) is 6.55. The lowest BCUT2D eigenvalue weighted by Crippen LogP contribution is -2.43. The molecule has 0 aromatic rings. The van der Waals surface area contributed by atoms with Crippen molar-refractivity contribution in [1.29, 1.82) is 5.26 Å². The zero-order chi connectivity index (χ0) is 12.4. The number of nitriles is 1. The van der Waals surface area contributed by atoms with E-state index in [0.717, 1.165) is 19.4 Å². The molecule has 16 heavy (non-hydrogen) atoms. The van der Waals surface area contributed by atoms with Gasteiger partial charge in [-0.3, -0.25) is 4.90 Å². The third kappa shape index (κ3) is 6.06. The van der Waals surface area contributed by atoms with Crippen LogP contribution in [0.5, 0.6) is 0 Å². The highest BCUT2D eigenvalue weighted by Gasteiger charge is 2.20. The van der Waals surface area contributed by atoms with Crippen LogP contribution in [0.1, 0.15) is 33.1 Å². The Balaban J connectivity index is 4.33. The largest absolute Gasteiger partial charge is 0.383 e. The van der Waals surface area contributed by atoms with Gasteiger partial charge in [0.2, 0.25) is 0 Å². The van der Waals surface area contributed by atoms with Crippen molar-refractivity contribution < 1.29 is 4.74 Å². The third-order valence-electron chi connectivity index (χ3n) is 2.71. The minimum Gasteiger partial charge on any atom is -0.383 e. The van der Waals surface area contributed by atoms with Crippen LogP contribution in [0.4, 0.5) is 0 Å².